The number of aryl methyl sites for hydroxylation is 2. The number of aromatic nitrogens is 2. The highest BCUT2D eigenvalue weighted by molar-refractivity contribution is 5.27. The quantitative estimate of drug-likeness (QED) is 0.832. The Labute approximate surface area is 99.2 Å². The Morgan fingerprint density at radius 2 is 1.81 bits per heavy atom. The van der Waals surface area contributed by atoms with Crippen molar-refractivity contribution in [3.63, 3.8) is 0 Å². The number of hydrogen-bond donors (Lipinski definition) is 1. The predicted octanol–water partition coefficient (Wildman–Crippen LogP) is 2.88. The maximum absolute atomic E-state index is 4.47. The number of hydrogen-bond acceptors (Lipinski definition) is 2. The first-order valence-electron chi connectivity index (χ1n) is 6.27. The SMILES string of the molecule is CCC(CC)NC(C)c1c(C)nn(C)c1C. The maximum atomic E-state index is 4.47. The Morgan fingerprint density at radius 1 is 1.25 bits per heavy atom. The highest BCUT2D eigenvalue weighted by Crippen LogP contribution is 2.21. The lowest BCUT2D eigenvalue weighted by Gasteiger charge is -2.21. The molecule has 1 atom stereocenters. The molecule has 0 fully saturated rings. The molecule has 16 heavy (non-hydrogen) atoms. The summed E-state index contributed by atoms with van der Waals surface area (Å²) in [6.45, 7) is 10.9. The number of rotatable bonds is 5. The van der Waals surface area contributed by atoms with Crippen LogP contribution in [0.3, 0.4) is 0 Å². The molecule has 1 rings (SSSR count). The topological polar surface area (TPSA) is 29.9 Å². The normalized spacial score (nSPS) is 13.4. The molecule has 1 aromatic heterocycles. The molecule has 0 saturated carbocycles. The van der Waals surface area contributed by atoms with E-state index in [0.29, 0.717) is 12.1 Å². The van der Waals surface area contributed by atoms with E-state index in [2.05, 4.69) is 45.0 Å². The lowest BCUT2D eigenvalue weighted by molar-refractivity contribution is 0.430. The van der Waals surface area contributed by atoms with Gasteiger partial charge in [-0.05, 0) is 33.6 Å². The standard InChI is InChI=1S/C13H25N3/c1-7-12(8-2)14-9(3)13-10(4)15-16(6)11(13)5/h9,12,14H,7-8H2,1-6H3. The van der Waals surface area contributed by atoms with Crippen molar-refractivity contribution >= 4 is 0 Å². The van der Waals surface area contributed by atoms with Crippen molar-refractivity contribution in [2.75, 3.05) is 0 Å². The first-order chi connectivity index (χ1) is 7.51. The van der Waals surface area contributed by atoms with Crippen molar-refractivity contribution in [3.05, 3.63) is 17.0 Å². The fraction of sp³-hybridized carbons (Fsp3) is 0.769. The van der Waals surface area contributed by atoms with Gasteiger partial charge in [0.05, 0.1) is 5.69 Å². The summed E-state index contributed by atoms with van der Waals surface area (Å²) in [5.74, 6) is 0. The molecule has 0 aliphatic carbocycles. The van der Waals surface area contributed by atoms with Gasteiger partial charge in [0, 0.05) is 30.4 Å². The summed E-state index contributed by atoms with van der Waals surface area (Å²) in [5.41, 5.74) is 3.77. The third-order valence-electron chi connectivity index (χ3n) is 3.47. The molecule has 0 aromatic carbocycles. The fourth-order valence-corrected chi connectivity index (χ4v) is 2.38. The van der Waals surface area contributed by atoms with E-state index in [0.717, 1.165) is 5.69 Å². The van der Waals surface area contributed by atoms with Crippen LogP contribution in [0.5, 0.6) is 0 Å². The molecular formula is C13H25N3. The van der Waals surface area contributed by atoms with Crippen molar-refractivity contribution < 1.29 is 0 Å². The molecule has 0 aliphatic heterocycles. The Balaban J connectivity index is 2.83. The first-order valence-corrected chi connectivity index (χ1v) is 6.27. The van der Waals surface area contributed by atoms with E-state index >= 15 is 0 Å². The molecule has 1 aromatic rings. The van der Waals surface area contributed by atoms with Gasteiger partial charge in [-0.3, -0.25) is 4.68 Å². The molecule has 0 aliphatic rings. The molecule has 0 saturated heterocycles. The molecule has 0 amide bonds. The summed E-state index contributed by atoms with van der Waals surface area (Å²) in [5, 5.41) is 8.14. The molecule has 0 bridgehead atoms. The molecule has 3 nitrogen and oxygen atoms in total. The van der Waals surface area contributed by atoms with Crippen molar-refractivity contribution in [1.29, 1.82) is 0 Å². The second-order valence-electron chi connectivity index (χ2n) is 4.61. The van der Waals surface area contributed by atoms with Crippen LogP contribution in [0, 0.1) is 13.8 Å². The highest BCUT2D eigenvalue weighted by atomic mass is 15.3. The molecule has 92 valence electrons. The van der Waals surface area contributed by atoms with E-state index in [4.69, 9.17) is 0 Å². The van der Waals surface area contributed by atoms with Crippen LogP contribution in [-0.4, -0.2) is 15.8 Å². The van der Waals surface area contributed by atoms with Crippen LogP contribution in [0.2, 0.25) is 0 Å². The van der Waals surface area contributed by atoms with Crippen LogP contribution in [0.1, 0.15) is 56.6 Å². The molecule has 1 unspecified atom stereocenters. The Bertz CT molecular complexity index is 337. The molecule has 1 heterocycles. The zero-order valence-corrected chi connectivity index (χ0v) is 11.5. The fourth-order valence-electron chi connectivity index (χ4n) is 2.38. The molecule has 0 spiro atoms. The van der Waals surface area contributed by atoms with Gasteiger partial charge in [0.2, 0.25) is 0 Å². The summed E-state index contributed by atoms with van der Waals surface area (Å²) in [6, 6.07) is 0.993. The minimum absolute atomic E-state index is 0.388. The van der Waals surface area contributed by atoms with E-state index in [-0.39, 0.29) is 0 Å². The van der Waals surface area contributed by atoms with Gasteiger partial charge in [0.15, 0.2) is 0 Å². The van der Waals surface area contributed by atoms with Gasteiger partial charge in [-0.1, -0.05) is 13.8 Å². The van der Waals surface area contributed by atoms with E-state index < -0.39 is 0 Å². The Kier molecular flexibility index (Phi) is 4.54. The molecule has 1 N–H and O–H groups in total. The average molecular weight is 223 g/mol. The van der Waals surface area contributed by atoms with Crippen LogP contribution in [0.25, 0.3) is 0 Å². The number of nitrogens with zero attached hydrogens (tertiary/aromatic N) is 2. The second kappa shape index (κ2) is 5.48. The predicted molar refractivity (Wildman–Crippen MR) is 68.6 cm³/mol. The van der Waals surface area contributed by atoms with Crippen molar-refractivity contribution in [2.24, 2.45) is 7.05 Å². The van der Waals surface area contributed by atoms with E-state index in [1.165, 1.54) is 24.1 Å². The van der Waals surface area contributed by atoms with Crippen molar-refractivity contribution in [1.82, 2.24) is 15.1 Å². The Hall–Kier alpha value is -0.830. The first kappa shape index (κ1) is 13.2. The smallest absolute Gasteiger partial charge is 0.0644 e. The molecule has 3 heteroatoms. The summed E-state index contributed by atoms with van der Waals surface area (Å²) in [7, 11) is 2.01. The summed E-state index contributed by atoms with van der Waals surface area (Å²) in [6.07, 6.45) is 2.36. The van der Waals surface area contributed by atoms with E-state index in [1.54, 1.807) is 0 Å². The largest absolute Gasteiger partial charge is 0.307 e. The average Bonchev–Trinajstić information content (AvgIpc) is 2.49. The van der Waals surface area contributed by atoms with Crippen molar-refractivity contribution in [2.45, 2.75) is 59.5 Å². The van der Waals surface area contributed by atoms with Gasteiger partial charge < -0.3 is 5.32 Å². The summed E-state index contributed by atoms with van der Waals surface area (Å²) >= 11 is 0. The minimum atomic E-state index is 0.388. The van der Waals surface area contributed by atoms with E-state index in [1.807, 2.05) is 11.7 Å². The monoisotopic (exact) mass is 223 g/mol. The van der Waals surface area contributed by atoms with Crippen LogP contribution < -0.4 is 5.32 Å². The van der Waals surface area contributed by atoms with Crippen LogP contribution in [-0.2, 0) is 7.05 Å². The number of nitrogens with one attached hydrogen (secondary N) is 1. The second-order valence-corrected chi connectivity index (χ2v) is 4.61. The van der Waals surface area contributed by atoms with Gasteiger partial charge in [0.1, 0.15) is 0 Å². The van der Waals surface area contributed by atoms with Gasteiger partial charge in [-0.25, -0.2) is 0 Å². The lowest BCUT2D eigenvalue weighted by Crippen LogP contribution is -2.30. The summed E-state index contributed by atoms with van der Waals surface area (Å²) < 4.78 is 1.97. The maximum Gasteiger partial charge on any atom is 0.0644 e. The van der Waals surface area contributed by atoms with Crippen LogP contribution >= 0.6 is 0 Å². The van der Waals surface area contributed by atoms with Gasteiger partial charge in [0.25, 0.3) is 0 Å². The lowest BCUT2D eigenvalue weighted by atomic mass is 10.0. The zero-order valence-electron chi connectivity index (χ0n) is 11.5. The highest BCUT2D eigenvalue weighted by Gasteiger charge is 2.17. The van der Waals surface area contributed by atoms with Gasteiger partial charge >= 0.3 is 0 Å². The molecule has 0 radical (unpaired) electrons. The van der Waals surface area contributed by atoms with Crippen molar-refractivity contribution in [3.8, 4) is 0 Å². The zero-order chi connectivity index (χ0) is 12.3. The van der Waals surface area contributed by atoms with Gasteiger partial charge in [-0.15, -0.1) is 0 Å². The van der Waals surface area contributed by atoms with Crippen LogP contribution in [0.4, 0.5) is 0 Å². The summed E-state index contributed by atoms with van der Waals surface area (Å²) in [4.78, 5) is 0. The third-order valence-corrected chi connectivity index (χ3v) is 3.47. The minimum Gasteiger partial charge on any atom is -0.307 e. The van der Waals surface area contributed by atoms with Crippen LogP contribution in [0.15, 0.2) is 0 Å². The molecular weight excluding hydrogens is 198 g/mol. The van der Waals surface area contributed by atoms with Gasteiger partial charge in [-0.2, -0.15) is 5.10 Å². The third kappa shape index (κ3) is 2.64. The Morgan fingerprint density at radius 3 is 2.19 bits per heavy atom. The van der Waals surface area contributed by atoms with E-state index in [9.17, 15) is 0 Å².